The number of amides is 3. The molecule has 0 fully saturated rings. The van der Waals surface area contributed by atoms with Gasteiger partial charge in [-0.25, -0.2) is 13.8 Å². The number of pyridine rings is 3. The smallest absolute Gasteiger partial charge is 0.507 e. The highest BCUT2D eigenvalue weighted by atomic mass is 36.0. The first kappa shape index (κ1) is 128. The van der Waals surface area contributed by atoms with Crippen LogP contribution in [0, 0.1) is 86.2 Å². The van der Waals surface area contributed by atoms with E-state index in [1.807, 2.05) is 25.1 Å². The van der Waals surface area contributed by atoms with E-state index in [9.17, 15) is 102 Å². The second kappa shape index (κ2) is 59.7. The summed E-state index contributed by atoms with van der Waals surface area (Å²) in [6, 6.07) is 46.6. The van der Waals surface area contributed by atoms with Gasteiger partial charge in [0.05, 0.1) is 133 Å². The van der Waals surface area contributed by atoms with Crippen LogP contribution in [0.1, 0.15) is 84.8 Å². The molecule has 0 saturated carbocycles. The maximum absolute atomic E-state index is 12.6. The number of phenolic OH excluding ortho intramolecular Hbond substituents is 2. The van der Waals surface area contributed by atoms with Gasteiger partial charge in [-0.1, -0.05) is 0 Å². The molecule has 0 radical (unpaired) electrons. The van der Waals surface area contributed by atoms with Crippen LogP contribution in [0.3, 0.4) is 0 Å². The topological polar surface area (TPSA) is 645 Å². The van der Waals surface area contributed by atoms with E-state index >= 15 is 0 Å². The number of carboxylic acids is 1. The number of aromatic hydroxyl groups is 4. The van der Waals surface area contributed by atoms with E-state index in [4.69, 9.17) is 101 Å². The number of phenols is 3. The van der Waals surface area contributed by atoms with E-state index in [2.05, 4.69) is 45.9 Å². The number of aryl methyl sites for hydroxylation is 1. The van der Waals surface area contributed by atoms with E-state index in [1.165, 1.54) is 184 Å². The van der Waals surface area contributed by atoms with Gasteiger partial charge in [-0.05, 0) is 158 Å². The standard InChI is InChI=1S/C13H9F3N2O5S.C13H14N2O4.C13H12N2O2.C12H11F3N2O5S.C12H10N2O3.C11H12N2O3.C8H7ClO3.C8H8O4.C3H6N2.Cl2OS/c1-18-10(6-17)11(23-24(20,21)13(14,15)16)9-5-7(22-2)3-4-8(9)12(18)19;1-15(7-6-14)12(16)10-5-4-9(18-2)8-11(10)13(17)19-3;1-8-11-6-9(17-3)4-5-10(11)13(16)15(2)12(8)7-14;1-17(6-5-16)11(18)9-4-3-8(21-2)7-10(9)22-23(19,20)12(13,14)15;1-14-10(6-13)11(15)9-5-7(17-2)3-4-8(9)12(14)16;1-13(6-5-12)11(15)9-4-3-8(16-2)7-10(9)14;1-12-5-2-3-6(8(9)11)7(10)4-5;1-12-5-2-3-6(8(10)11)7(9)4-5;1-5-3-2-4;1-4(2)3/h3-5H,1-2H3;4-5,8H,7H2,1-3H3;4-6H,1-3H3;3-4,7H,6H2,1-2H3;3-5,15H,1-2H3;3-4,7,14H,6H2,1-2H3;2-4,10H,1H3;2-4,9H,1H3,(H,10,11);5H,3H2,1H3;. The van der Waals surface area contributed by atoms with Crippen LogP contribution in [-0.2, 0) is 55.3 Å². The monoisotopic (exact) mass is 2200 g/mol. The number of aromatic carboxylic acids is 1. The van der Waals surface area contributed by atoms with Gasteiger partial charge in [0.1, 0.15) is 112 Å². The third-order valence-corrected chi connectivity index (χ3v) is 21.2. The molecule has 56 heteroatoms. The molecule has 44 nitrogen and oxygen atoms in total. The van der Waals surface area contributed by atoms with E-state index in [0.717, 1.165) is 45.7 Å². The Morgan fingerprint density at radius 3 is 1.06 bits per heavy atom. The lowest BCUT2D eigenvalue weighted by Gasteiger charge is -2.17. The minimum Gasteiger partial charge on any atom is -0.507 e. The molecule has 0 saturated heterocycles. The summed E-state index contributed by atoms with van der Waals surface area (Å²) in [6.45, 7) is 1.84. The van der Waals surface area contributed by atoms with Crippen molar-refractivity contribution >= 4 is 130 Å². The third kappa shape index (κ3) is 35.8. The number of alkyl halides is 6. The predicted molar refractivity (Wildman–Crippen MR) is 525 cm³/mol. The van der Waals surface area contributed by atoms with Gasteiger partial charge < -0.3 is 101 Å². The Labute approximate surface area is 861 Å². The van der Waals surface area contributed by atoms with Crippen LogP contribution >= 0.6 is 33.0 Å². The molecule has 11 aromatic rings. The molecule has 6 N–H and O–H groups in total. The SMILES string of the molecule is CNCC#N.COC(=O)c1cc(OC)ccc1C(=O)N(C)CC#N.COc1ccc(C(=O)Cl)c(O)c1.COc1ccc(C(=O)N(C)CC#N)c(O)c1.COc1ccc(C(=O)N(C)CC#N)c(OS(=O)(=O)C(F)(F)F)c1.COc1ccc(C(=O)O)c(O)c1.COc1ccc2c(=O)n(C)c(C#N)c(C)c2c1.COc1ccc2c(=O)n(C)c(C#N)c(O)c2c1.COc1ccc2c(=O)n(C)c(C#N)c(OS(=O)(=O)C(F)(F)F)c2c1.O=S(Cl)Cl. The van der Waals surface area contributed by atoms with Crippen molar-refractivity contribution < 1.29 is 153 Å². The van der Waals surface area contributed by atoms with Gasteiger partial charge in [0.2, 0.25) is 9.23 Å². The van der Waals surface area contributed by atoms with E-state index in [0.29, 0.717) is 67.5 Å². The second-order valence-corrected chi connectivity index (χ2v) is 34.2. The van der Waals surface area contributed by atoms with Crippen LogP contribution < -0.4 is 68.3 Å². The number of esters is 1. The van der Waals surface area contributed by atoms with Gasteiger partial charge >= 0.3 is 43.2 Å². The largest absolute Gasteiger partial charge is 0.534 e. The van der Waals surface area contributed by atoms with Gasteiger partial charge in [0.25, 0.3) is 39.6 Å². The fourth-order valence-corrected chi connectivity index (χ4v) is 12.6. The van der Waals surface area contributed by atoms with Crippen LogP contribution in [0.15, 0.2) is 160 Å². The van der Waals surface area contributed by atoms with Gasteiger partial charge in [-0.2, -0.15) is 80.0 Å². The molecule has 0 bridgehead atoms. The summed E-state index contributed by atoms with van der Waals surface area (Å²) in [7, 11) is 18.1. The fraction of sp³-hybridized carbons (Fsp3) is 0.247. The molecule has 0 spiro atoms. The average Bonchev–Trinajstić information content (AvgIpc) is 0.744. The van der Waals surface area contributed by atoms with Gasteiger partial charge in [0.15, 0.2) is 28.6 Å². The molecule has 11 rings (SSSR count). The summed E-state index contributed by atoms with van der Waals surface area (Å²) in [5, 5.41) is 110. The first-order valence-corrected chi connectivity index (χ1v) is 46.5. The third-order valence-electron chi connectivity index (χ3n) is 19.1. The molecule has 3 amide bonds. The minimum atomic E-state index is -6.03. The number of rotatable bonds is 22. The average molecular weight is 2200 g/mol. The fourth-order valence-electron chi connectivity index (χ4n) is 11.5. The molecule has 8 aromatic carbocycles. The van der Waals surface area contributed by atoms with Crippen LogP contribution in [0.2, 0.25) is 0 Å². The molecule has 149 heavy (non-hydrogen) atoms. The minimum absolute atomic E-state index is 0.0168. The van der Waals surface area contributed by atoms with Crippen molar-refractivity contribution in [2.45, 2.75) is 17.9 Å². The van der Waals surface area contributed by atoms with Crippen molar-refractivity contribution in [2.75, 3.05) is 118 Å². The lowest BCUT2D eigenvalue weighted by atomic mass is 10.0. The Balaban J connectivity index is 0.000000573. The number of aromatic nitrogens is 3. The number of carbonyl (C=O) groups is 6. The van der Waals surface area contributed by atoms with Gasteiger partial charge in [-0.3, -0.25) is 42.7 Å². The summed E-state index contributed by atoms with van der Waals surface area (Å²) in [5.74, 6) is -2.94. The number of methoxy groups -OCH3 is 9. The zero-order chi connectivity index (χ0) is 114. The van der Waals surface area contributed by atoms with Crippen LogP contribution in [-0.4, -0.2) is 239 Å². The summed E-state index contributed by atoms with van der Waals surface area (Å²) >= 11 is 5.16. The normalized spacial score (nSPS) is 10.2. The molecule has 792 valence electrons. The number of fused-ring (bicyclic) bond motifs is 3. The Hall–Kier alpha value is -17.5. The Bertz CT molecular complexity index is 7350. The summed E-state index contributed by atoms with van der Waals surface area (Å²) < 4.78 is 184. The molecule has 0 aliphatic carbocycles. The first-order chi connectivity index (χ1) is 69.8. The van der Waals surface area contributed by atoms with E-state index in [1.54, 1.807) is 81.9 Å². The summed E-state index contributed by atoms with van der Waals surface area (Å²) in [6.07, 6.45) is 0. The maximum Gasteiger partial charge on any atom is 0.534 e. The highest BCUT2D eigenvalue weighted by Crippen LogP contribution is 2.38. The number of benzene rings is 8. The molecule has 0 aliphatic rings. The van der Waals surface area contributed by atoms with E-state index < -0.39 is 104 Å². The van der Waals surface area contributed by atoms with Crippen molar-refractivity contribution in [1.82, 2.24) is 33.7 Å². The number of nitrogens with one attached hydrogen (secondary N) is 1. The quantitative estimate of drug-likeness (QED) is 0.00916. The van der Waals surface area contributed by atoms with Crippen LogP contribution in [0.4, 0.5) is 26.3 Å². The number of carboxylic acid groups (broad SMARTS) is 1. The lowest BCUT2D eigenvalue weighted by Crippen LogP contribution is -2.30. The highest BCUT2D eigenvalue weighted by Gasteiger charge is 2.50. The van der Waals surface area contributed by atoms with Crippen molar-refractivity contribution in [3.63, 3.8) is 0 Å². The number of carbonyl (C=O) groups excluding carboxylic acids is 5. The molecule has 0 atom stereocenters. The molecular formula is C93H89Cl3F6N14O30S3. The number of nitrogens with zero attached hydrogens (tertiary/aromatic N) is 13. The van der Waals surface area contributed by atoms with Gasteiger partial charge in [-0.15, -0.1) is 0 Å². The maximum atomic E-state index is 12.6. The molecule has 0 aliphatic heterocycles. The number of nitriles is 7. The summed E-state index contributed by atoms with van der Waals surface area (Å²) in [5.41, 5.74) is -12.2. The predicted octanol–water partition coefficient (Wildman–Crippen LogP) is 11.7. The van der Waals surface area contributed by atoms with Gasteiger partial charge in [0, 0.05) is 104 Å². The number of ether oxygens (including phenoxy) is 9. The molecule has 0 unspecified atom stereocenters. The molecule has 3 heterocycles. The van der Waals surface area contributed by atoms with Crippen molar-refractivity contribution in [3.8, 4) is 123 Å². The number of hydrogen-bond acceptors (Lipinski definition) is 37. The van der Waals surface area contributed by atoms with Crippen molar-refractivity contribution in [2.24, 2.45) is 21.1 Å². The Morgan fingerprint density at radius 1 is 0.416 bits per heavy atom. The Kier molecular flexibility index (Phi) is 51.1. The zero-order valence-electron chi connectivity index (χ0n) is 81.1. The summed E-state index contributed by atoms with van der Waals surface area (Å²) in [4.78, 5) is 108. The highest BCUT2D eigenvalue weighted by molar-refractivity contribution is 8.26. The van der Waals surface area contributed by atoms with Crippen LogP contribution in [0.25, 0.3) is 32.3 Å². The molecule has 3 aromatic heterocycles. The first-order valence-electron chi connectivity index (χ1n) is 40.5. The van der Waals surface area contributed by atoms with E-state index in [-0.39, 0.29) is 110 Å². The number of halogens is 9. The van der Waals surface area contributed by atoms with Crippen LogP contribution in [0.5, 0.6) is 80.5 Å². The molecular weight excluding hydrogens is 2110 g/mol. The zero-order valence-corrected chi connectivity index (χ0v) is 85.8. The second-order valence-electron chi connectivity index (χ2n) is 28.3. The lowest BCUT2D eigenvalue weighted by molar-refractivity contribution is -0.0504. The number of hydrogen-bond donors (Lipinski definition) is 6. The Morgan fingerprint density at radius 2 is 0.718 bits per heavy atom. The van der Waals surface area contributed by atoms with Crippen molar-refractivity contribution in [3.05, 3.63) is 233 Å². The van der Waals surface area contributed by atoms with Crippen molar-refractivity contribution in [1.29, 1.82) is 36.8 Å².